The van der Waals surface area contributed by atoms with E-state index in [2.05, 4.69) is 5.32 Å². The Bertz CT molecular complexity index is 689. The molecule has 2 amide bonds. The minimum atomic E-state index is -0.721. The Hall–Kier alpha value is -2.06. The Kier molecular flexibility index (Phi) is 7.49. The van der Waals surface area contributed by atoms with Gasteiger partial charge in [-0.1, -0.05) is 38.1 Å². The molecule has 0 spiro atoms. The number of nitrogens with zero attached hydrogens (tertiary/aromatic N) is 1. The summed E-state index contributed by atoms with van der Waals surface area (Å²) in [4.78, 5) is 27.2. The lowest BCUT2D eigenvalue weighted by Crippen LogP contribution is -2.55. The van der Waals surface area contributed by atoms with Gasteiger partial charge in [0.15, 0.2) is 0 Å². The van der Waals surface area contributed by atoms with Crippen molar-refractivity contribution in [3.63, 3.8) is 0 Å². The average molecular weight is 389 g/mol. The first kappa shape index (κ1) is 22.2. The van der Waals surface area contributed by atoms with E-state index >= 15 is 0 Å². The van der Waals surface area contributed by atoms with Crippen molar-refractivity contribution in [3.8, 4) is 0 Å². The molecule has 8 heteroatoms. The first-order valence-corrected chi connectivity index (χ1v) is 9.59. The number of nitrogens with one attached hydrogen (secondary N) is 1. The van der Waals surface area contributed by atoms with Crippen molar-refractivity contribution in [3.05, 3.63) is 35.4 Å². The first-order chi connectivity index (χ1) is 13.1. The van der Waals surface area contributed by atoms with Crippen LogP contribution in [0.25, 0.3) is 0 Å². The summed E-state index contributed by atoms with van der Waals surface area (Å²) in [6.07, 6.45) is -0.288. The molecule has 1 aromatic carbocycles. The van der Waals surface area contributed by atoms with Gasteiger partial charge in [-0.3, -0.25) is 9.69 Å². The third-order valence-electron chi connectivity index (χ3n) is 4.39. The zero-order valence-electron chi connectivity index (χ0n) is 17.3. The summed E-state index contributed by atoms with van der Waals surface area (Å²) in [6, 6.07) is 7.03. The molecule has 1 aliphatic heterocycles. The van der Waals surface area contributed by atoms with Gasteiger partial charge in [0.1, 0.15) is 17.9 Å². The average Bonchev–Trinajstić information content (AvgIpc) is 2.58. The predicted molar refractivity (Wildman–Crippen MR) is 106 cm³/mol. The van der Waals surface area contributed by atoms with E-state index < -0.39 is 24.0 Å². The second-order valence-electron chi connectivity index (χ2n) is 8.47. The fourth-order valence-corrected chi connectivity index (χ4v) is 3.17. The highest BCUT2D eigenvalue weighted by molar-refractivity contribution is 6.15. The van der Waals surface area contributed by atoms with Crippen LogP contribution in [0.5, 0.6) is 0 Å². The van der Waals surface area contributed by atoms with Crippen LogP contribution in [0.4, 0.5) is 4.79 Å². The van der Waals surface area contributed by atoms with Crippen LogP contribution in [-0.2, 0) is 27.2 Å². The highest BCUT2D eigenvalue weighted by Gasteiger charge is 2.37. The highest BCUT2D eigenvalue weighted by atomic mass is 16.6. The number of amides is 2. The monoisotopic (exact) mass is 389 g/mol. The van der Waals surface area contributed by atoms with Crippen molar-refractivity contribution in [2.24, 2.45) is 5.92 Å². The molecule has 1 heterocycles. The van der Waals surface area contributed by atoms with Crippen LogP contribution >= 0.6 is 0 Å². The molecule has 2 N–H and O–H groups in total. The molecule has 0 fully saturated rings. The van der Waals surface area contributed by atoms with Crippen LogP contribution in [0.1, 0.15) is 52.2 Å². The summed E-state index contributed by atoms with van der Waals surface area (Å²) in [5.74, 6) is -0.0906. The number of ether oxygens (including phenoxy) is 1. The van der Waals surface area contributed by atoms with Crippen molar-refractivity contribution in [1.82, 2.24) is 10.2 Å². The van der Waals surface area contributed by atoms with Crippen LogP contribution in [0.2, 0.25) is 0 Å². The van der Waals surface area contributed by atoms with Gasteiger partial charge >= 0.3 is 13.8 Å². The SMILES string of the molecule is CC(C)C[C@H](NC(=O)C1Cc2ccccc2CN1C(=O)OC(C)(C)C)O[B]O. The molecule has 28 heavy (non-hydrogen) atoms. The van der Waals surface area contributed by atoms with Crippen molar-refractivity contribution >= 4 is 19.7 Å². The molecule has 153 valence electrons. The van der Waals surface area contributed by atoms with Gasteiger partial charge in [-0.15, -0.1) is 0 Å². The predicted octanol–water partition coefficient (Wildman–Crippen LogP) is 2.38. The maximum absolute atomic E-state index is 13.0. The van der Waals surface area contributed by atoms with Crippen LogP contribution in [-0.4, -0.2) is 47.5 Å². The van der Waals surface area contributed by atoms with E-state index in [0.29, 0.717) is 27.1 Å². The lowest BCUT2D eigenvalue weighted by Gasteiger charge is -2.37. The molecule has 1 aliphatic rings. The number of hydrogen-bond acceptors (Lipinski definition) is 5. The molecule has 0 bridgehead atoms. The summed E-state index contributed by atoms with van der Waals surface area (Å²) in [7, 11) is 0.579. The Morgan fingerprint density at radius 3 is 2.50 bits per heavy atom. The summed E-state index contributed by atoms with van der Waals surface area (Å²) >= 11 is 0. The quantitative estimate of drug-likeness (QED) is 0.576. The van der Waals surface area contributed by atoms with E-state index in [1.165, 1.54) is 4.90 Å². The number of hydrogen-bond donors (Lipinski definition) is 2. The van der Waals surface area contributed by atoms with E-state index in [4.69, 9.17) is 14.4 Å². The second kappa shape index (κ2) is 9.43. The maximum Gasteiger partial charge on any atom is 0.486 e. The lowest BCUT2D eigenvalue weighted by atomic mass is 9.93. The third-order valence-corrected chi connectivity index (χ3v) is 4.39. The zero-order valence-corrected chi connectivity index (χ0v) is 17.3. The van der Waals surface area contributed by atoms with E-state index in [1.807, 2.05) is 38.1 Å². The normalized spacial score (nSPS) is 17.7. The molecule has 1 aromatic rings. The number of benzene rings is 1. The topological polar surface area (TPSA) is 88.1 Å². The molecule has 1 unspecified atom stereocenters. The van der Waals surface area contributed by atoms with Gasteiger partial charge in [-0.2, -0.15) is 0 Å². The zero-order chi connectivity index (χ0) is 20.9. The van der Waals surface area contributed by atoms with Crippen molar-refractivity contribution < 1.29 is 24.0 Å². The molecular formula is C20H30BN2O5. The molecule has 2 atom stereocenters. The van der Waals surface area contributed by atoms with E-state index in [9.17, 15) is 9.59 Å². The lowest BCUT2D eigenvalue weighted by molar-refractivity contribution is -0.130. The summed E-state index contributed by atoms with van der Waals surface area (Å²) < 4.78 is 10.6. The van der Waals surface area contributed by atoms with Crippen LogP contribution in [0.3, 0.4) is 0 Å². The van der Waals surface area contributed by atoms with Crippen LogP contribution in [0.15, 0.2) is 24.3 Å². The summed E-state index contributed by atoms with van der Waals surface area (Å²) in [5.41, 5.74) is 1.36. The number of carbonyl (C=O) groups excluding carboxylic acids is 2. The molecule has 1 radical (unpaired) electrons. The van der Waals surface area contributed by atoms with Crippen molar-refractivity contribution in [2.75, 3.05) is 0 Å². The van der Waals surface area contributed by atoms with Gasteiger partial charge in [-0.25, -0.2) is 4.79 Å². The molecule has 0 aliphatic carbocycles. The van der Waals surface area contributed by atoms with Crippen LogP contribution in [0, 0.1) is 5.92 Å². The minimum absolute atomic E-state index is 0.249. The number of fused-ring (bicyclic) bond motifs is 1. The Morgan fingerprint density at radius 1 is 1.29 bits per heavy atom. The second-order valence-corrected chi connectivity index (χ2v) is 8.47. The van der Waals surface area contributed by atoms with Gasteiger partial charge in [0.2, 0.25) is 5.91 Å². The first-order valence-electron chi connectivity index (χ1n) is 9.59. The van der Waals surface area contributed by atoms with Gasteiger partial charge in [-0.05, 0) is 44.2 Å². The Morgan fingerprint density at radius 2 is 1.93 bits per heavy atom. The smallest absolute Gasteiger partial charge is 0.444 e. The van der Waals surface area contributed by atoms with Crippen LogP contribution < -0.4 is 5.32 Å². The van der Waals surface area contributed by atoms with E-state index in [1.54, 1.807) is 20.8 Å². The van der Waals surface area contributed by atoms with Gasteiger partial charge < -0.3 is 19.7 Å². The fraction of sp³-hybridized carbons (Fsp3) is 0.600. The standard InChI is InChI=1S/C20H30BN2O5/c1-13(2)10-17(28-21-26)22-18(24)16-11-14-8-6-7-9-15(14)12-23(16)19(25)27-20(3,4)5/h6-9,13,16-17,26H,10-12H2,1-5H3,(H,22,24)/t16?,17-/m1/s1. The van der Waals surface area contributed by atoms with Crippen molar-refractivity contribution in [1.29, 1.82) is 0 Å². The van der Waals surface area contributed by atoms with E-state index in [-0.39, 0.29) is 11.8 Å². The van der Waals surface area contributed by atoms with Gasteiger partial charge in [0.05, 0.1) is 6.54 Å². The van der Waals surface area contributed by atoms with Crippen molar-refractivity contribution in [2.45, 2.75) is 71.9 Å². The Labute approximate surface area is 167 Å². The fourth-order valence-electron chi connectivity index (χ4n) is 3.17. The highest BCUT2D eigenvalue weighted by Crippen LogP contribution is 2.25. The maximum atomic E-state index is 13.0. The molecule has 7 nitrogen and oxygen atoms in total. The number of carbonyl (C=O) groups is 2. The third kappa shape index (κ3) is 6.24. The van der Waals surface area contributed by atoms with Gasteiger partial charge in [0.25, 0.3) is 0 Å². The molecular weight excluding hydrogens is 359 g/mol. The Balaban J connectivity index is 2.23. The molecule has 2 rings (SSSR count). The summed E-state index contributed by atoms with van der Waals surface area (Å²) in [5, 5.41) is 11.8. The summed E-state index contributed by atoms with van der Waals surface area (Å²) in [6.45, 7) is 9.66. The largest absolute Gasteiger partial charge is 0.486 e. The minimum Gasteiger partial charge on any atom is -0.444 e. The van der Waals surface area contributed by atoms with Gasteiger partial charge in [0, 0.05) is 6.42 Å². The molecule has 0 aromatic heterocycles. The van der Waals surface area contributed by atoms with E-state index in [0.717, 1.165) is 11.1 Å². The molecule has 0 saturated carbocycles. The molecule has 0 saturated heterocycles. The number of rotatable bonds is 6.